The highest BCUT2D eigenvalue weighted by Crippen LogP contribution is 2.36. The van der Waals surface area contributed by atoms with Gasteiger partial charge in [0.2, 0.25) is 0 Å². The molecule has 1 atom stereocenters. The second kappa shape index (κ2) is 5.82. The summed E-state index contributed by atoms with van der Waals surface area (Å²) < 4.78 is 0. The molecule has 0 fully saturated rings. The van der Waals surface area contributed by atoms with Crippen LogP contribution in [-0.2, 0) is 13.0 Å². The van der Waals surface area contributed by atoms with Gasteiger partial charge in [0.15, 0.2) is 0 Å². The summed E-state index contributed by atoms with van der Waals surface area (Å²) in [4.78, 5) is 13.4. The Kier molecular flexibility index (Phi) is 3.88. The van der Waals surface area contributed by atoms with Crippen molar-refractivity contribution in [1.29, 1.82) is 0 Å². The van der Waals surface area contributed by atoms with E-state index in [4.69, 9.17) is 0 Å². The smallest absolute Gasteiger partial charge is 0.274 e. The number of hydrogen-bond donors (Lipinski definition) is 0. The van der Waals surface area contributed by atoms with Crippen LogP contribution >= 0.6 is 0 Å². The monoisotopic (exact) mass is 284 g/mol. The van der Waals surface area contributed by atoms with Crippen molar-refractivity contribution in [2.24, 2.45) is 0 Å². The normalized spacial score (nSPS) is 21.3. The summed E-state index contributed by atoms with van der Waals surface area (Å²) in [7, 11) is 0. The molecule has 0 spiro atoms. The second-order valence-electron chi connectivity index (χ2n) is 5.66. The molecule has 0 N–H and O–H groups in total. The molecule has 0 saturated heterocycles. The highest BCUT2D eigenvalue weighted by molar-refractivity contribution is 5.52. The van der Waals surface area contributed by atoms with E-state index in [2.05, 4.69) is 36.1 Å². The standard InChI is InChI=1S/C17H20N2O2/c1-2-18-11-10-15-14(13-6-4-3-5-7-13)8-9-17(19(20)21)16(15)12-18/h3-6,8-9,13H,2,7,10-12H2,1H3. The van der Waals surface area contributed by atoms with Gasteiger partial charge in [0, 0.05) is 30.6 Å². The second-order valence-corrected chi connectivity index (χ2v) is 5.66. The van der Waals surface area contributed by atoms with Gasteiger partial charge in [-0.25, -0.2) is 0 Å². The van der Waals surface area contributed by atoms with Crippen LogP contribution in [0.2, 0.25) is 0 Å². The van der Waals surface area contributed by atoms with Crippen molar-refractivity contribution >= 4 is 5.69 Å². The molecule has 0 aromatic heterocycles. The molecule has 4 nitrogen and oxygen atoms in total. The van der Waals surface area contributed by atoms with Crippen LogP contribution in [0.4, 0.5) is 5.69 Å². The lowest BCUT2D eigenvalue weighted by Gasteiger charge is -2.30. The van der Waals surface area contributed by atoms with Gasteiger partial charge in [0.05, 0.1) is 4.92 Å². The van der Waals surface area contributed by atoms with E-state index in [0.717, 1.165) is 31.5 Å². The molecule has 1 aromatic rings. The number of nitro groups is 1. The molecule has 0 bridgehead atoms. The topological polar surface area (TPSA) is 46.4 Å². The molecule has 1 heterocycles. The minimum absolute atomic E-state index is 0.238. The van der Waals surface area contributed by atoms with Crippen molar-refractivity contribution < 1.29 is 4.92 Å². The molecule has 0 saturated carbocycles. The van der Waals surface area contributed by atoms with Crippen LogP contribution in [0.25, 0.3) is 0 Å². The zero-order valence-electron chi connectivity index (χ0n) is 12.3. The molecule has 0 radical (unpaired) electrons. The van der Waals surface area contributed by atoms with Crippen LogP contribution in [0.1, 0.15) is 36.0 Å². The molecule has 1 aliphatic carbocycles. The quantitative estimate of drug-likeness (QED) is 0.629. The minimum Gasteiger partial charge on any atom is -0.299 e. The molecule has 0 amide bonds. The Morgan fingerprint density at radius 2 is 2.19 bits per heavy atom. The van der Waals surface area contributed by atoms with Crippen molar-refractivity contribution in [2.75, 3.05) is 13.1 Å². The Balaban J connectivity index is 2.06. The molecule has 1 unspecified atom stereocenters. The molecule has 110 valence electrons. The zero-order chi connectivity index (χ0) is 14.8. The van der Waals surface area contributed by atoms with Crippen LogP contribution in [0.15, 0.2) is 36.4 Å². The Labute approximate surface area is 124 Å². The van der Waals surface area contributed by atoms with Gasteiger partial charge in [0.1, 0.15) is 0 Å². The first-order valence-corrected chi connectivity index (χ1v) is 7.55. The van der Waals surface area contributed by atoms with Gasteiger partial charge in [-0.15, -0.1) is 0 Å². The van der Waals surface area contributed by atoms with Gasteiger partial charge in [-0.3, -0.25) is 15.0 Å². The first kappa shape index (κ1) is 14.0. The highest BCUT2D eigenvalue weighted by Gasteiger charge is 2.27. The van der Waals surface area contributed by atoms with Crippen LogP contribution < -0.4 is 0 Å². The van der Waals surface area contributed by atoms with E-state index in [1.165, 1.54) is 11.1 Å². The fraction of sp³-hybridized carbons (Fsp3) is 0.412. The lowest BCUT2D eigenvalue weighted by Crippen LogP contribution is -2.31. The number of likely N-dealkylation sites (N-methyl/N-ethyl adjacent to an activating group) is 1. The first-order chi connectivity index (χ1) is 10.2. The number of rotatable bonds is 3. The van der Waals surface area contributed by atoms with Gasteiger partial charge < -0.3 is 0 Å². The predicted molar refractivity (Wildman–Crippen MR) is 83.4 cm³/mol. The van der Waals surface area contributed by atoms with Crippen LogP contribution in [0.5, 0.6) is 0 Å². The Morgan fingerprint density at radius 3 is 2.86 bits per heavy atom. The summed E-state index contributed by atoms with van der Waals surface area (Å²) >= 11 is 0. The van der Waals surface area contributed by atoms with Crippen LogP contribution in [-0.4, -0.2) is 22.9 Å². The highest BCUT2D eigenvalue weighted by atomic mass is 16.6. The lowest BCUT2D eigenvalue weighted by molar-refractivity contribution is -0.385. The van der Waals surface area contributed by atoms with Gasteiger partial charge >= 0.3 is 0 Å². The Bertz CT molecular complexity index is 619. The van der Waals surface area contributed by atoms with Crippen LogP contribution in [0.3, 0.4) is 0 Å². The van der Waals surface area contributed by atoms with Gasteiger partial charge in [-0.05, 0) is 30.5 Å². The van der Waals surface area contributed by atoms with Gasteiger partial charge in [-0.2, -0.15) is 0 Å². The molecule has 3 rings (SSSR count). The van der Waals surface area contributed by atoms with Crippen LogP contribution in [0, 0.1) is 10.1 Å². The fourth-order valence-corrected chi connectivity index (χ4v) is 3.34. The maximum absolute atomic E-state index is 11.3. The predicted octanol–water partition coefficient (Wildman–Crippen LogP) is 3.57. The summed E-state index contributed by atoms with van der Waals surface area (Å²) in [5, 5.41) is 11.3. The lowest BCUT2D eigenvalue weighted by atomic mass is 9.84. The van der Waals surface area contributed by atoms with Gasteiger partial charge in [0.25, 0.3) is 5.69 Å². The number of fused-ring (bicyclic) bond motifs is 1. The maximum Gasteiger partial charge on any atom is 0.274 e. The molecule has 4 heteroatoms. The summed E-state index contributed by atoms with van der Waals surface area (Å²) in [6.45, 7) is 4.73. The third-order valence-corrected chi connectivity index (χ3v) is 4.53. The minimum atomic E-state index is -0.238. The van der Waals surface area contributed by atoms with Gasteiger partial charge in [-0.1, -0.05) is 37.3 Å². The molecular formula is C17H20N2O2. The van der Waals surface area contributed by atoms with Crippen molar-refractivity contribution in [3.05, 3.63) is 63.2 Å². The van der Waals surface area contributed by atoms with E-state index in [1.807, 2.05) is 6.07 Å². The van der Waals surface area contributed by atoms with Crippen molar-refractivity contribution in [3.63, 3.8) is 0 Å². The number of benzene rings is 1. The van der Waals surface area contributed by atoms with Crippen molar-refractivity contribution in [1.82, 2.24) is 4.90 Å². The first-order valence-electron chi connectivity index (χ1n) is 7.55. The summed E-state index contributed by atoms with van der Waals surface area (Å²) in [6, 6.07) is 3.66. The van der Waals surface area contributed by atoms with E-state index in [-0.39, 0.29) is 10.6 Å². The molecular weight excluding hydrogens is 264 g/mol. The summed E-state index contributed by atoms with van der Waals surface area (Å²) in [5.41, 5.74) is 3.68. The van der Waals surface area contributed by atoms with Crippen molar-refractivity contribution in [2.45, 2.75) is 32.2 Å². The average Bonchev–Trinajstić information content (AvgIpc) is 2.53. The van der Waals surface area contributed by atoms with E-state index in [1.54, 1.807) is 6.07 Å². The zero-order valence-corrected chi connectivity index (χ0v) is 12.3. The third kappa shape index (κ3) is 2.63. The number of nitro benzene ring substituents is 1. The number of hydrogen-bond acceptors (Lipinski definition) is 3. The SMILES string of the molecule is CCN1CCc2c(C3C=CC=CC3)ccc([N+](=O)[O-])c2C1. The summed E-state index contributed by atoms with van der Waals surface area (Å²) in [6.07, 6.45) is 10.4. The molecule has 1 aliphatic heterocycles. The Morgan fingerprint density at radius 1 is 1.33 bits per heavy atom. The Hall–Kier alpha value is -1.94. The van der Waals surface area contributed by atoms with E-state index < -0.39 is 0 Å². The average molecular weight is 284 g/mol. The molecule has 2 aliphatic rings. The molecule has 1 aromatic carbocycles. The van der Waals surface area contributed by atoms with E-state index in [9.17, 15) is 10.1 Å². The third-order valence-electron chi connectivity index (χ3n) is 4.53. The maximum atomic E-state index is 11.3. The molecule has 21 heavy (non-hydrogen) atoms. The summed E-state index contributed by atoms with van der Waals surface area (Å²) in [5.74, 6) is 0.359. The van der Waals surface area contributed by atoms with E-state index >= 15 is 0 Å². The van der Waals surface area contributed by atoms with Crippen molar-refractivity contribution in [3.8, 4) is 0 Å². The number of allylic oxidation sites excluding steroid dienone is 4. The largest absolute Gasteiger partial charge is 0.299 e. The van der Waals surface area contributed by atoms with E-state index in [0.29, 0.717) is 12.5 Å². The fourth-order valence-electron chi connectivity index (χ4n) is 3.34. The number of nitrogens with zero attached hydrogens (tertiary/aromatic N) is 2.